The molecule has 2 aliphatic heterocycles. The van der Waals surface area contributed by atoms with E-state index in [4.69, 9.17) is 0 Å². The Balaban J connectivity index is 1.22. The summed E-state index contributed by atoms with van der Waals surface area (Å²) in [7, 11) is 0. The van der Waals surface area contributed by atoms with Crippen molar-refractivity contribution in [2.24, 2.45) is 0 Å². The quantitative estimate of drug-likeness (QED) is 0.718. The molecule has 2 fully saturated rings. The number of nitrogens with one attached hydrogen (secondary N) is 2. The zero-order chi connectivity index (χ0) is 19.6. The maximum absolute atomic E-state index is 12.5. The van der Waals surface area contributed by atoms with Crippen LogP contribution in [0.15, 0.2) is 59.4 Å². The third-order valence-electron chi connectivity index (χ3n) is 6.80. The molecule has 1 aromatic heterocycles. The summed E-state index contributed by atoms with van der Waals surface area (Å²) in [5.74, 6) is 0. The Morgan fingerprint density at radius 1 is 0.897 bits per heavy atom. The second kappa shape index (κ2) is 8.17. The van der Waals surface area contributed by atoms with Gasteiger partial charge in [-0.25, -0.2) is 4.79 Å². The summed E-state index contributed by atoms with van der Waals surface area (Å²) >= 11 is 0. The van der Waals surface area contributed by atoms with E-state index < -0.39 is 0 Å². The minimum absolute atomic E-state index is 0.0365. The van der Waals surface area contributed by atoms with Crippen LogP contribution in [0.4, 0.5) is 0 Å². The van der Waals surface area contributed by atoms with Gasteiger partial charge in [-0.1, -0.05) is 42.5 Å². The van der Waals surface area contributed by atoms with Gasteiger partial charge < -0.3 is 15.2 Å². The van der Waals surface area contributed by atoms with Crippen molar-refractivity contribution in [3.8, 4) is 0 Å². The Hall–Kier alpha value is -2.37. The average molecular weight is 391 g/mol. The van der Waals surface area contributed by atoms with Gasteiger partial charge in [0.1, 0.15) is 0 Å². The highest BCUT2D eigenvalue weighted by atomic mass is 16.1. The Bertz CT molecular complexity index is 1000. The minimum Gasteiger partial charge on any atom is -0.314 e. The standard InChI is InChI=1S/C24H30N4O/c29-24-26-22-8-4-5-9-23(22)28(24)20-11-14-27(15-12-20)21-10-13-25-19(17-21)16-18-6-2-1-3-7-18/h1-9,19-21,25H,10-17H2,(H,26,29). The van der Waals surface area contributed by atoms with Crippen molar-refractivity contribution in [2.75, 3.05) is 19.6 Å². The summed E-state index contributed by atoms with van der Waals surface area (Å²) in [6, 6.07) is 20.4. The number of para-hydroxylation sites is 2. The van der Waals surface area contributed by atoms with Crippen molar-refractivity contribution in [3.63, 3.8) is 0 Å². The second-order valence-electron chi connectivity index (χ2n) is 8.60. The molecule has 0 radical (unpaired) electrons. The average Bonchev–Trinajstić information content (AvgIpc) is 3.10. The van der Waals surface area contributed by atoms with Gasteiger partial charge in [-0.05, 0) is 56.3 Å². The SMILES string of the molecule is O=c1[nH]c2ccccc2n1C1CCN(C2CCNC(Cc3ccccc3)C2)CC1. The maximum Gasteiger partial charge on any atom is 0.326 e. The van der Waals surface area contributed by atoms with Crippen LogP contribution in [0.1, 0.15) is 37.3 Å². The first-order valence-corrected chi connectivity index (χ1v) is 11.0. The van der Waals surface area contributed by atoms with Crippen molar-refractivity contribution >= 4 is 11.0 Å². The molecule has 5 heteroatoms. The Morgan fingerprint density at radius 2 is 1.66 bits per heavy atom. The van der Waals surface area contributed by atoms with Crippen LogP contribution in [-0.2, 0) is 6.42 Å². The molecule has 2 atom stereocenters. The molecule has 5 nitrogen and oxygen atoms in total. The molecule has 2 saturated heterocycles. The highest BCUT2D eigenvalue weighted by molar-refractivity contribution is 5.75. The van der Waals surface area contributed by atoms with Gasteiger partial charge in [-0.15, -0.1) is 0 Å². The third-order valence-corrected chi connectivity index (χ3v) is 6.80. The molecule has 0 bridgehead atoms. The first-order valence-electron chi connectivity index (χ1n) is 11.0. The van der Waals surface area contributed by atoms with E-state index in [1.54, 1.807) is 0 Å². The molecule has 0 aliphatic carbocycles. The Kier molecular flexibility index (Phi) is 5.25. The van der Waals surface area contributed by atoms with Crippen molar-refractivity contribution in [1.82, 2.24) is 19.8 Å². The lowest BCUT2D eigenvalue weighted by atomic mass is 9.91. The number of rotatable bonds is 4. The molecular weight excluding hydrogens is 360 g/mol. The largest absolute Gasteiger partial charge is 0.326 e. The number of fused-ring (bicyclic) bond motifs is 1. The number of imidazole rings is 1. The molecule has 0 saturated carbocycles. The summed E-state index contributed by atoms with van der Waals surface area (Å²) in [5.41, 5.74) is 3.44. The lowest BCUT2D eigenvalue weighted by Crippen LogP contribution is -2.51. The molecule has 29 heavy (non-hydrogen) atoms. The van der Waals surface area contributed by atoms with Gasteiger partial charge in [-0.3, -0.25) is 4.57 Å². The number of likely N-dealkylation sites (tertiary alicyclic amines) is 1. The van der Waals surface area contributed by atoms with Crippen LogP contribution in [0.25, 0.3) is 11.0 Å². The Labute approximate surface area is 171 Å². The minimum atomic E-state index is 0.0365. The summed E-state index contributed by atoms with van der Waals surface area (Å²) in [4.78, 5) is 18.2. The molecule has 5 rings (SSSR count). The van der Waals surface area contributed by atoms with Crippen LogP contribution in [0.2, 0.25) is 0 Å². The lowest BCUT2D eigenvalue weighted by Gasteiger charge is -2.42. The molecule has 0 amide bonds. The van der Waals surface area contributed by atoms with Crippen LogP contribution in [0.3, 0.4) is 0 Å². The topological polar surface area (TPSA) is 53.1 Å². The highest BCUT2D eigenvalue weighted by Gasteiger charge is 2.30. The second-order valence-corrected chi connectivity index (χ2v) is 8.60. The molecule has 3 heterocycles. The van der Waals surface area contributed by atoms with E-state index in [0.29, 0.717) is 18.1 Å². The van der Waals surface area contributed by atoms with Crippen LogP contribution >= 0.6 is 0 Å². The van der Waals surface area contributed by atoms with E-state index >= 15 is 0 Å². The fraction of sp³-hybridized carbons (Fsp3) is 0.458. The number of hydrogen-bond donors (Lipinski definition) is 2. The summed E-state index contributed by atoms with van der Waals surface area (Å²) in [6.45, 7) is 3.27. The van der Waals surface area contributed by atoms with Gasteiger partial charge in [0.25, 0.3) is 0 Å². The van der Waals surface area contributed by atoms with Crippen molar-refractivity contribution in [2.45, 2.75) is 50.2 Å². The maximum atomic E-state index is 12.5. The van der Waals surface area contributed by atoms with Crippen LogP contribution in [0.5, 0.6) is 0 Å². The monoisotopic (exact) mass is 390 g/mol. The first kappa shape index (κ1) is 18.6. The number of nitrogens with zero attached hydrogens (tertiary/aromatic N) is 2. The molecular formula is C24H30N4O. The van der Waals surface area contributed by atoms with Gasteiger partial charge in [0.15, 0.2) is 0 Å². The van der Waals surface area contributed by atoms with E-state index in [1.807, 2.05) is 22.8 Å². The van der Waals surface area contributed by atoms with Gasteiger partial charge in [0.2, 0.25) is 0 Å². The number of piperidine rings is 2. The van der Waals surface area contributed by atoms with Gasteiger partial charge in [0, 0.05) is 31.2 Å². The van der Waals surface area contributed by atoms with E-state index in [1.165, 1.54) is 18.4 Å². The zero-order valence-electron chi connectivity index (χ0n) is 16.9. The van der Waals surface area contributed by atoms with E-state index in [-0.39, 0.29) is 5.69 Å². The van der Waals surface area contributed by atoms with Crippen LogP contribution in [0, 0.1) is 0 Å². The summed E-state index contributed by atoms with van der Waals surface area (Å²) in [5, 5.41) is 3.72. The Morgan fingerprint density at radius 3 is 2.48 bits per heavy atom. The van der Waals surface area contributed by atoms with Gasteiger partial charge >= 0.3 is 5.69 Å². The molecule has 152 valence electrons. The normalized spacial score (nSPS) is 24.1. The molecule has 3 aromatic rings. The summed E-state index contributed by atoms with van der Waals surface area (Å²) < 4.78 is 1.99. The first-order chi connectivity index (χ1) is 14.3. The number of H-pyrrole nitrogens is 1. The highest BCUT2D eigenvalue weighted by Crippen LogP contribution is 2.28. The predicted molar refractivity (Wildman–Crippen MR) is 117 cm³/mol. The third kappa shape index (κ3) is 3.89. The van der Waals surface area contributed by atoms with E-state index in [0.717, 1.165) is 49.9 Å². The molecule has 2 aromatic carbocycles. The van der Waals surface area contributed by atoms with Gasteiger partial charge in [0.05, 0.1) is 11.0 Å². The number of hydrogen-bond acceptors (Lipinski definition) is 3. The molecule has 2 unspecified atom stereocenters. The fourth-order valence-corrected chi connectivity index (χ4v) is 5.32. The predicted octanol–water partition coefficient (Wildman–Crippen LogP) is 3.33. The molecule has 0 spiro atoms. The van der Waals surface area contributed by atoms with Gasteiger partial charge in [-0.2, -0.15) is 0 Å². The van der Waals surface area contributed by atoms with Crippen molar-refractivity contribution in [1.29, 1.82) is 0 Å². The molecule has 2 N–H and O–H groups in total. The van der Waals surface area contributed by atoms with Crippen molar-refractivity contribution in [3.05, 3.63) is 70.6 Å². The zero-order valence-corrected chi connectivity index (χ0v) is 16.9. The van der Waals surface area contributed by atoms with Crippen LogP contribution < -0.4 is 11.0 Å². The lowest BCUT2D eigenvalue weighted by molar-refractivity contribution is 0.101. The number of benzene rings is 2. The smallest absolute Gasteiger partial charge is 0.314 e. The van der Waals surface area contributed by atoms with E-state index in [2.05, 4.69) is 51.6 Å². The van der Waals surface area contributed by atoms with Crippen LogP contribution in [-0.4, -0.2) is 46.2 Å². The molecule has 2 aliphatic rings. The summed E-state index contributed by atoms with van der Waals surface area (Å²) in [6.07, 6.45) is 5.65. The van der Waals surface area contributed by atoms with Crippen molar-refractivity contribution < 1.29 is 0 Å². The number of aromatic amines is 1. The fourth-order valence-electron chi connectivity index (χ4n) is 5.32. The van der Waals surface area contributed by atoms with E-state index in [9.17, 15) is 4.79 Å². The number of aromatic nitrogens is 2.